The number of aromatic nitrogens is 1. The van der Waals surface area contributed by atoms with Crippen molar-refractivity contribution >= 4 is 23.2 Å². The van der Waals surface area contributed by atoms with Crippen LogP contribution in [0, 0.1) is 0 Å². The van der Waals surface area contributed by atoms with Gasteiger partial charge in [-0.25, -0.2) is 0 Å². The second kappa shape index (κ2) is 9.02. The highest BCUT2D eigenvalue weighted by molar-refractivity contribution is 6.30. The molecule has 0 spiro atoms. The highest BCUT2D eigenvalue weighted by Gasteiger charge is 2.07. The Kier molecular flexibility index (Phi) is 6.23. The van der Waals surface area contributed by atoms with Gasteiger partial charge in [-0.05, 0) is 41.8 Å². The fraction of sp³-hybridized carbons (Fsp3) is 0.143. The van der Waals surface area contributed by atoms with E-state index in [4.69, 9.17) is 11.6 Å². The van der Waals surface area contributed by atoms with Gasteiger partial charge in [0.1, 0.15) is 5.69 Å². The Bertz CT molecular complexity index is 851. The van der Waals surface area contributed by atoms with Gasteiger partial charge in [-0.15, -0.1) is 0 Å². The first-order chi connectivity index (χ1) is 12.7. The molecule has 0 saturated carbocycles. The van der Waals surface area contributed by atoms with Crippen molar-refractivity contribution in [1.82, 2.24) is 10.3 Å². The molecule has 0 aliphatic heterocycles. The minimum atomic E-state index is -0.185. The van der Waals surface area contributed by atoms with E-state index in [-0.39, 0.29) is 5.91 Å². The molecule has 1 aromatic heterocycles. The van der Waals surface area contributed by atoms with Crippen molar-refractivity contribution in [2.75, 3.05) is 11.9 Å². The van der Waals surface area contributed by atoms with Gasteiger partial charge in [-0.3, -0.25) is 9.78 Å². The average Bonchev–Trinajstić information content (AvgIpc) is 2.69. The normalized spacial score (nSPS) is 10.3. The molecule has 132 valence electrons. The maximum atomic E-state index is 12.3. The summed E-state index contributed by atoms with van der Waals surface area (Å²) in [7, 11) is 0. The number of nitrogens with one attached hydrogen (secondary N) is 2. The van der Waals surface area contributed by atoms with Crippen LogP contribution >= 0.6 is 11.6 Å². The van der Waals surface area contributed by atoms with Crippen LogP contribution < -0.4 is 10.6 Å². The molecule has 0 bridgehead atoms. The number of carbonyl (C=O) groups is 1. The summed E-state index contributed by atoms with van der Waals surface area (Å²) < 4.78 is 0. The maximum absolute atomic E-state index is 12.3. The van der Waals surface area contributed by atoms with Gasteiger partial charge in [0.15, 0.2) is 0 Å². The lowest BCUT2D eigenvalue weighted by molar-refractivity contribution is 0.0946. The number of anilines is 1. The molecule has 2 aromatic carbocycles. The fourth-order valence-electron chi connectivity index (χ4n) is 2.54. The molecule has 0 fully saturated rings. The molecule has 0 aliphatic rings. The van der Waals surface area contributed by atoms with Gasteiger partial charge in [-0.1, -0.05) is 54.1 Å². The van der Waals surface area contributed by atoms with Gasteiger partial charge in [0.05, 0.1) is 0 Å². The summed E-state index contributed by atoms with van der Waals surface area (Å²) >= 11 is 5.89. The lowest BCUT2D eigenvalue weighted by atomic mass is 10.1. The third-order valence-corrected chi connectivity index (χ3v) is 4.20. The average molecular weight is 366 g/mol. The molecule has 1 heterocycles. The summed E-state index contributed by atoms with van der Waals surface area (Å²) in [6.45, 7) is 1.24. The van der Waals surface area contributed by atoms with Crippen LogP contribution in [0.5, 0.6) is 0 Å². The molecular formula is C21H20ClN3O. The number of amides is 1. The number of hydrogen-bond donors (Lipinski definition) is 2. The van der Waals surface area contributed by atoms with E-state index in [0.29, 0.717) is 12.2 Å². The lowest BCUT2D eigenvalue weighted by Gasteiger charge is -2.09. The van der Waals surface area contributed by atoms with Crippen LogP contribution in [0.1, 0.15) is 21.6 Å². The highest BCUT2D eigenvalue weighted by atomic mass is 35.5. The Hall–Kier alpha value is -2.85. The van der Waals surface area contributed by atoms with Crippen LogP contribution in [0.15, 0.2) is 72.9 Å². The SMILES string of the molecule is O=C(NCc1ccccc1)c1cc(NCCc2ccc(Cl)cc2)ccn1. The molecular weight excluding hydrogens is 346 g/mol. The first-order valence-corrected chi connectivity index (χ1v) is 8.85. The van der Waals surface area contributed by atoms with Crippen molar-refractivity contribution < 1.29 is 4.79 Å². The van der Waals surface area contributed by atoms with Crippen molar-refractivity contribution in [1.29, 1.82) is 0 Å². The van der Waals surface area contributed by atoms with Crippen molar-refractivity contribution in [3.8, 4) is 0 Å². The van der Waals surface area contributed by atoms with Crippen molar-refractivity contribution in [2.24, 2.45) is 0 Å². The van der Waals surface area contributed by atoms with Gasteiger partial charge < -0.3 is 10.6 Å². The summed E-state index contributed by atoms with van der Waals surface area (Å²) in [6.07, 6.45) is 2.51. The number of pyridine rings is 1. The quantitative estimate of drug-likeness (QED) is 0.655. The van der Waals surface area contributed by atoms with Crippen LogP contribution in [0.3, 0.4) is 0 Å². The van der Waals surface area contributed by atoms with E-state index in [9.17, 15) is 4.79 Å². The topological polar surface area (TPSA) is 54.0 Å². The molecule has 0 unspecified atom stereocenters. The largest absolute Gasteiger partial charge is 0.385 e. The van der Waals surface area contributed by atoms with Crippen molar-refractivity contribution in [3.63, 3.8) is 0 Å². The van der Waals surface area contributed by atoms with E-state index >= 15 is 0 Å². The van der Waals surface area contributed by atoms with Crippen LogP contribution in [0.25, 0.3) is 0 Å². The summed E-state index contributed by atoms with van der Waals surface area (Å²) in [5.74, 6) is -0.185. The minimum Gasteiger partial charge on any atom is -0.385 e. The van der Waals surface area contributed by atoms with E-state index in [1.54, 1.807) is 12.3 Å². The third kappa shape index (κ3) is 5.33. The van der Waals surface area contributed by atoms with E-state index in [0.717, 1.165) is 29.2 Å². The number of carbonyl (C=O) groups excluding carboxylic acids is 1. The fourth-order valence-corrected chi connectivity index (χ4v) is 2.66. The molecule has 2 N–H and O–H groups in total. The standard InChI is InChI=1S/C21H20ClN3O/c22-18-8-6-16(7-9-18)10-12-23-19-11-13-24-20(14-19)21(26)25-15-17-4-2-1-3-5-17/h1-9,11,13-14H,10,12,15H2,(H,23,24)(H,25,26). The van der Waals surface area contributed by atoms with Crippen LogP contribution in [0.2, 0.25) is 5.02 Å². The van der Waals surface area contributed by atoms with Gasteiger partial charge in [-0.2, -0.15) is 0 Å². The van der Waals surface area contributed by atoms with E-state index in [2.05, 4.69) is 15.6 Å². The number of hydrogen-bond acceptors (Lipinski definition) is 3. The van der Waals surface area contributed by atoms with Crippen LogP contribution in [-0.4, -0.2) is 17.4 Å². The molecule has 0 atom stereocenters. The molecule has 3 rings (SSSR count). The van der Waals surface area contributed by atoms with Gasteiger partial charge in [0.25, 0.3) is 5.91 Å². The number of halogens is 1. The molecule has 3 aromatic rings. The van der Waals surface area contributed by atoms with Crippen molar-refractivity contribution in [3.05, 3.63) is 94.8 Å². The van der Waals surface area contributed by atoms with Crippen LogP contribution in [0.4, 0.5) is 5.69 Å². The zero-order valence-electron chi connectivity index (χ0n) is 14.3. The van der Waals surface area contributed by atoms with E-state index in [1.807, 2.05) is 60.7 Å². The Morgan fingerprint density at radius 2 is 1.73 bits per heavy atom. The number of benzene rings is 2. The summed E-state index contributed by atoms with van der Waals surface area (Å²) in [4.78, 5) is 16.4. The second-order valence-corrected chi connectivity index (χ2v) is 6.34. The first kappa shape index (κ1) is 18.0. The molecule has 4 nitrogen and oxygen atoms in total. The third-order valence-electron chi connectivity index (χ3n) is 3.94. The second-order valence-electron chi connectivity index (χ2n) is 5.90. The number of nitrogens with zero attached hydrogens (tertiary/aromatic N) is 1. The van der Waals surface area contributed by atoms with Crippen LogP contribution in [-0.2, 0) is 13.0 Å². The molecule has 0 aliphatic carbocycles. The zero-order valence-corrected chi connectivity index (χ0v) is 15.0. The molecule has 26 heavy (non-hydrogen) atoms. The van der Waals surface area contributed by atoms with E-state index < -0.39 is 0 Å². The summed E-state index contributed by atoms with van der Waals surface area (Å²) in [5.41, 5.74) is 3.53. The molecule has 0 radical (unpaired) electrons. The monoisotopic (exact) mass is 365 g/mol. The smallest absolute Gasteiger partial charge is 0.270 e. The summed E-state index contributed by atoms with van der Waals surface area (Å²) in [5, 5.41) is 6.95. The maximum Gasteiger partial charge on any atom is 0.270 e. The Morgan fingerprint density at radius 3 is 2.50 bits per heavy atom. The molecule has 0 saturated heterocycles. The van der Waals surface area contributed by atoms with Crippen molar-refractivity contribution in [2.45, 2.75) is 13.0 Å². The van der Waals surface area contributed by atoms with E-state index in [1.165, 1.54) is 5.56 Å². The van der Waals surface area contributed by atoms with Gasteiger partial charge in [0.2, 0.25) is 0 Å². The highest BCUT2D eigenvalue weighted by Crippen LogP contribution is 2.12. The minimum absolute atomic E-state index is 0.185. The van der Waals surface area contributed by atoms with Gasteiger partial charge >= 0.3 is 0 Å². The summed E-state index contributed by atoms with van der Waals surface area (Å²) in [6, 6.07) is 21.2. The predicted octanol–water partition coefficient (Wildman–Crippen LogP) is 4.32. The Labute approximate surface area is 158 Å². The number of rotatable bonds is 7. The lowest BCUT2D eigenvalue weighted by Crippen LogP contribution is -2.23. The van der Waals surface area contributed by atoms with Gasteiger partial charge in [0, 0.05) is 30.0 Å². The predicted molar refractivity (Wildman–Crippen MR) is 105 cm³/mol. The molecule has 5 heteroatoms. The first-order valence-electron chi connectivity index (χ1n) is 8.47. The Morgan fingerprint density at radius 1 is 0.962 bits per heavy atom. The zero-order chi connectivity index (χ0) is 18.2. The Balaban J connectivity index is 1.52. The molecule has 1 amide bonds.